The first-order valence-corrected chi connectivity index (χ1v) is 6.74. The number of nitrogens with zero attached hydrogens (tertiary/aromatic N) is 3. The standard InChI is InChI=1S/C13H23N5.HI/c1-11-9-16-18(10-11)8-7-15-13(14-2)17-12-5-3-4-6-12;/h9-10,12H,3-8H2,1-2H3,(H2,14,15,17);1H. The minimum absolute atomic E-state index is 0. The molecule has 2 N–H and O–H groups in total. The number of halogens is 1. The summed E-state index contributed by atoms with van der Waals surface area (Å²) in [4.78, 5) is 4.25. The molecule has 5 nitrogen and oxygen atoms in total. The Kier molecular flexibility index (Phi) is 7.19. The predicted octanol–water partition coefficient (Wildman–Crippen LogP) is 1.92. The van der Waals surface area contributed by atoms with Crippen molar-refractivity contribution in [3.05, 3.63) is 18.0 Å². The van der Waals surface area contributed by atoms with E-state index in [2.05, 4.69) is 33.8 Å². The van der Waals surface area contributed by atoms with Crippen LogP contribution in [0.15, 0.2) is 17.4 Å². The molecule has 19 heavy (non-hydrogen) atoms. The lowest BCUT2D eigenvalue weighted by molar-refractivity contribution is 0.578. The van der Waals surface area contributed by atoms with Gasteiger partial charge in [-0.15, -0.1) is 24.0 Å². The second kappa shape index (κ2) is 8.39. The van der Waals surface area contributed by atoms with Crippen LogP contribution in [0.3, 0.4) is 0 Å². The van der Waals surface area contributed by atoms with E-state index in [1.54, 1.807) is 0 Å². The third-order valence-electron chi connectivity index (χ3n) is 3.32. The number of hydrogen-bond acceptors (Lipinski definition) is 2. The van der Waals surface area contributed by atoms with Crippen molar-refractivity contribution >= 4 is 29.9 Å². The number of aromatic nitrogens is 2. The molecule has 6 heteroatoms. The monoisotopic (exact) mass is 377 g/mol. The molecule has 1 heterocycles. The molecule has 0 atom stereocenters. The summed E-state index contributed by atoms with van der Waals surface area (Å²) in [5.74, 6) is 0.908. The van der Waals surface area contributed by atoms with Crippen LogP contribution in [-0.2, 0) is 6.54 Å². The van der Waals surface area contributed by atoms with E-state index >= 15 is 0 Å². The summed E-state index contributed by atoms with van der Waals surface area (Å²) in [6, 6.07) is 0.600. The Hall–Kier alpha value is -0.790. The fraction of sp³-hybridized carbons (Fsp3) is 0.692. The van der Waals surface area contributed by atoms with Gasteiger partial charge in [-0.1, -0.05) is 12.8 Å². The molecule has 0 saturated heterocycles. The minimum Gasteiger partial charge on any atom is -0.355 e. The summed E-state index contributed by atoms with van der Waals surface area (Å²) in [5.41, 5.74) is 1.20. The number of nitrogens with one attached hydrogen (secondary N) is 2. The topological polar surface area (TPSA) is 54.2 Å². The number of rotatable bonds is 4. The lowest BCUT2D eigenvalue weighted by Gasteiger charge is -2.16. The Morgan fingerprint density at radius 2 is 2.21 bits per heavy atom. The van der Waals surface area contributed by atoms with Gasteiger partial charge in [0.2, 0.25) is 0 Å². The average Bonchev–Trinajstić information content (AvgIpc) is 3.00. The predicted molar refractivity (Wildman–Crippen MR) is 89.1 cm³/mol. The second-order valence-corrected chi connectivity index (χ2v) is 4.91. The van der Waals surface area contributed by atoms with Gasteiger partial charge < -0.3 is 10.6 Å². The van der Waals surface area contributed by atoms with E-state index in [0.717, 1.165) is 19.0 Å². The number of aliphatic imine (C=N–C) groups is 1. The first-order valence-electron chi connectivity index (χ1n) is 6.74. The van der Waals surface area contributed by atoms with Crippen LogP contribution >= 0.6 is 24.0 Å². The zero-order valence-electron chi connectivity index (χ0n) is 11.7. The third-order valence-corrected chi connectivity index (χ3v) is 3.32. The summed E-state index contributed by atoms with van der Waals surface area (Å²) in [7, 11) is 1.82. The molecule has 0 aliphatic heterocycles. The first kappa shape index (κ1) is 16.3. The van der Waals surface area contributed by atoms with Crippen LogP contribution in [0.2, 0.25) is 0 Å². The van der Waals surface area contributed by atoms with Gasteiger partial charge in [0, 0.05) is 25.8 Å². The smallest absolute Gasteiger partial charge is 0.191 e. The normalized spacial score (nSPS) is 16.2. The van der Waals surface area contributed by atoms with Crippen molar-refractivity contribution in [3.8, 4) is 0 Å². The highest BCUT2D eigenvalue weighted by Gasteiger charge is 2.15. The van der Waals surface area contributed by atoms with Gasteiger partial charge in [0.25, 0.3) is 0 Å². The van der Waals surface area contributed by atoms with Crippen molar-refractivity contribution in [3.63, 3.8) is 0 Å². The molecule has 1 aliphatic carbocycles. The van der Waals surface area contributed by atoms with Gasteiger partial charge in [0.15, 0.2) is 5.96 Å². The largest absolute Gasteiger partial charge is 0.355 e. The van der Waals surface area contributed by atoms with Gasteiger partial charge in [-0.05, 0) is 25.3 Å². The van der Waals surface area contributed by atoms with Crippen LogP contribution in [0.1, 0.15) is 31.2 Å². The molecule has 2 rings (SSSR count). The molecule has 1 fully saturated rings. The van der Waals surface area contributed by atoms with Crippen LogP contribution in [0.4, 0.5) is 0 Å². The highest BCUT2D eigenvalue weighted by molar-refractivity contribution is 14.0. The molecule has 0 radical (unpaired) electrons. The molecule has 1 saturated carbocycles. The lowest BCUT2D eigenvalue weighted by atomic mass is 10.2. The maximum absolute atomic E-state index is 4.26. The average molecular weight is 377 g/mol. The molecular weight excluding hydrogens is 353 g/mol. The molecular formula is C13H24IN5. The number of aryl methyl sites for hydroxylation is 1. The highest BCUT2D eigenvalue weighted by atomic mass is 127. The van der Waals surface area contributed by atoms with Crippen molar-refractivity contribution < 1.29 is 0 Å². The Morgan fingerprint density at radius 1 is 1.47 bits per heavy atom. The summed E-state index contributed by atoms with van der Waals surface area (Å²) < 4.78 is 1.95. The maximum atomic E-state index is 4.26. The van der Waals surface area contributed by atoms with Gasteiger partial charge in [-0.2, -0.15) is 5.10 Å². The molecule has 0 spiro atoms. The van der Waals surface area contributed by atoms with E-state index in [1.165, 1.54) is 31.2 Å². The van der Waals surface area contributed by atoms with Gasteiger partial charge in [0.05, 0.1) is 12.7 Å². The van der Waals surface area contributed by atoms with Gasteiger partial charge in [-0.25, -0.2) is 0 Å². The molecule has 0 bridgehead atoms. The fourth-order valence-electron chi connectivity index (χ4n) is 2.34. The van der Waals surface area contributed by atoms with E-state index in [4.69, 9.17) is 0 Å². The maximum Gasteiger partial charge on any atom is 0.191 e. The number of hydrogen-bond donors (Lipinski definition) is 2. The molecule has 1 aromatic rings. The zero-order chi connectivity index (χ0) is 12.8. The van der Waals surface area contributed by atoms with Crippen molar-refractivity contribution in [1.82, 2.24) is 20.4 Å². The molecule has 1 aliphatic rings. The Balaban J connectivity index is 0.00000180. The second-order valence-electron chi connectivity index (χ2n) is 4.91. The minimum atomic E-state index is 0. The van der Waals surface area contributed by atoms with E-state index in [0.29, 0.717) is 6.04 Å². The fourth-order valence-corrected chi connectivity index (χ4v) is 2.34. The summed E-state index contributed by atoms with van der Waals surface area (Å²) in [6.45, 7) is 3.75. The lowest BCUT2D eigenvalue weighted by Crippen LogP contribution is -2.43. The van der Waals surface area contributed by atoms with E-state index in [-0.39, 0.29) is 24.0 Å². The van der Waals surface area contributed by atoms with Crippen molar-refractivity contribution in [2.45, 2.75) is 45.2 Å². The van der Waals surface area contributed by atoms with E-state index < -0.39 is 0 Å². The van der Waals surface area contributed by atoms with Gasteiger partial charge >= 0.3 is 0 Å². The SMILES string of the molecule is CN=C(NCCn1cc(C)cn1)NC1CCCC1.I. The quantitative estimate of drug-likeness (QED) is 0.479. The van der Waals surface area contributed by atoms with Crippen LogP contribution in [0.25, 0.3) is 0 Å². The summed E-state index contributed by atoms with van der Waals surface area (Å²) >= 11 is 0. The van der Waals surface area contributed by atoms with E-state index in [9.17, 15) is 0 Å². The van der Waals surface area contributed by atoms with Crippen molar-refractivity contribution in [2.75, 3.05) is 13.6 Å². The summed E-state index contributed by atoms with van der Waals surface area (Å²) in [5, 5.41) is 11.1. The molecule has 1 aromatic heterocycles. The molecule has 108 valence electrons. The zero-order valence-corrected chi connectivity index (χ0v) is 14.1. The summed E-state index contributed by atoms with van der Waals surface area (Å²) in [6.07, 6.45) is 9.13. The molecule has 0 unspecified atom stereocenters. The molecule has 0 amide bonds. The Labute approximate surface area is 132 Å². The Bertz CT molecular complexity index is 395. The first-order chi connectivity index (χ1) is 8.78. The van der Waals surface area contributed by atoms with Crippen LogP contribution in [0, 0.1) is 6.92 Å². The van der Waals surface area contributed by atoms with Crippen molar-refractivity contribution in [1.29, 1.82) is 0 Å². The Morgan fingerprint density at radius 3 is 2.79 bits per heavy atom. The number of guanidine groups is 1. The van der Waals surface area contributed by atoms with Gasteiger partial charge in [-0.3, -0.25) is 9.67 Å². The van der Waals surface area contributed by atoms with E-state index in [1.807, 2.05) is 17.9 Å². The van der Waals surface area contributed by atoms with Crippen LogP contribution in [-0.4, -0.2) is 35.4 Å². The molecule has 0 aromatic carbocycles. The van der Waals surface area contributed by atoms with Crippen LogP contribution in [0.5, 0.6) is 0 Å². The highest BCUT2D eigenvalue weighted by Crippen LogP contribution is 2.17. The van der Waals surface area contributed by atoms with Crippen molar-refractivity contribution in [2.24, 2.45) is 4.99 Å². The third kappa shape index (κ3) is 5.38. The van der Waals surface area contributed by atoms with Crippen LogP contribution < -0.4 is 10.6 Å². The van der Waals surface area contributed by atoms with Gasteiger partial charge in [0.1, 0.15) is 0 Å².